The van der Waals surface area contributed by atoms with Gasteiger partial charge < -0.3 is 9.61 Å². The Hall–Kier alpha value is -1.94. The summed E-state index contributed by atoms with van der Waals surface area (Å²) >= 11 is 0. The van der Waals surface area contributed by atoms with Crippen LogP contribution in [-0.2, 0) is 10.7 Å². The zero-order valence-corrected chi connectivity index (χ0v) is 13.8. The predicted molar refractivity (Wildman–Crippen MR) is 85.1 cm³/mol. The summed E-state index contributed by atoms with van der Waals surface area (Å²) in [6.07, 6.45) is -4.45. The van der Waals surface area contributed by atoms with Crippen molar-refractivity contribution in [2.45, 2.75) is 20.0 Å². The van der Waals surface area contributed by atoms with Gasteiger partial charge in [-0.2, -0.15) is 13.2 Å². The minimum Gasteiger partial charge on any atom is -0.429 e. The zero-order valence-electron chi connectivity index (χ0n) is 12.9. The standard InChI is InChI=1S/C16H17F3NO2P/c1-11-7-12(2)9-15(8-11)22-23(3,21)20-14-6-4-5-13(10-14)16(17,18)19/h4-10H,1-3H3,(H,20,21). The lowest BCUT2D eigenvalue weighted by Crippen LogP contribution is -2.07. The smallest absolute Gasteiger partial charge is 0.416 e. The average Bonchev–Trinajstić information content (AvgIpc) is 2.35. The lowest BCUT2D eigenvalue weighted by atomic mass is 10.1. The van der Waals surface area contributed by atoms with E-state index in [0.29, 0.717) is 5.75 Å². The van der Waals surface area contributed by atoms with Crippen LogP contribution in [0.2, 0.25) is 0 Å². The molecule has 0 amide bonds. The van der Waals surface area contributed by atoms with Crippen molar-refractivity contribution in [3.63, 3.8) is 0 Å². The van der Waals surface area contributed by atoms with Gasteiger partial charge in [0.15, 0.2) is 0 Å². The maximum atomic E-state index is 12.7. The summed E-state index contributed by atoms with van der Waals surface area (Å²) in [6.45, 7) is 5.08. The van der Waals surface area contributed by atoms with E-state index in [1.54, 1.807) is 12.1 Å². The molecular formula is C16H17F3NO2P. The Morgan fingerprint density at radius 2 is 1.65 bits per heavy atom. The van der Waals surface area contributed by atoms with E-state index in [-0.39, 0.29) is 5.69 Å². The fourth-order valence-corrected chi connectivity index (χ4v) is 3.37. The normalized spacial score (nSPS) is 14.2. The summed E-state index contributed by atoms with van der Waals surface area (Å²) in [4.78, 5) is 0. The molecule has 2 aromatic rings. The highest BCUT2D eigenvalue weighted by Gasteiger charge is 2.31. The molecule has 0 spiro atoms. The van der Waals surface area contributed by atoms with Gasteiger partial charge in [-0.25, -0.2) is 0 Å². The summed E-state index contributed by atoms with van der Waals surface area (Å²) < 4.78 is 56.1. The number of nitrogens with one attached hydrogen (secondary N) is 1. The first-order chi connectivity index (χ1) is 10.5. The van der Waals surface area contributed by atoms with Gasteiger partial charge in [-0.3, -0.25) is 4.57 Å². The molecule has 0 aliphatic carbocycles. The van der Waals surface area contributed by atoms with Crippen LogP contribution in [0.5, 0.6) is 5.75 Å². The van der Waals surface area contributed by atoms with Gasteiger partial charge in [-0.05, 0) is 55.3 Å². The quantitative estimate of drug-likeness (QED) is 0.731. The van der Waals surface area contributed by atoms with E-state index in [4.69, 9.17) is 4.52 Å². The molecule has 7 heteroatoms. The van der Waals surface area contributed by atoms with Crippen molar-refractivity contribution in [3.05, 3.63) is 59.2 Å². The average molecular weight is 343 g/mol. The van der Waals surface area contributed by atoms with Crippen molar-refractivity contribution >= 4 is 13.2 Å². The van der Waals surface area contributed by atoms with Gasteiger partial charge in [0, 0.05) is 12.4 Å². The lowest BCUT2D eigenvalue weighted by molar-refractivity contribution is -0.137. The van der Waals surface area contributed by atoms with Crippen molar-refractivity contribution < 1.29 is 22.3 Å². The number of rotatable bonds is 4. The second-order valence-corrected chi connectivity index (χ2v) is 7.55. The topological polar surface area (TPSA) is 38.3 Å². The second-order valence-electron chi connectivity index (χ2n) is 5.45. The van der Waals surface area contributed by atoms with E-state index in [9.17, 15) is 17.7 Å². The zero-order chi connectivity index (χ0) is 17.3. The summed E-state index contributed by atoms with van der Waals surface area (Å²) in [5.41, 5.74) is 1.17. The molecule has 0 aromatic heterocycles. The highest BCUT2D eigenvalue weighted by atomic mass is 31.2. The Morgan fingerprint density at radius 3 is 2.22 bits per heavy atom. The molecule has 23 heavy (non-hydrogen) atoms. The molecule has 2 aromatic carbocycles. The highest BCUT2D eigenvalue weighted by Crippen LogP contribution is 2.44. The van der Waals surface area contributed by atoms with E-state index in [0.717, 1.165) is 23.3 Å². The second kappa shape index (κ2) is 6.28. The highest BCUT2D eigenvalue weighted by molar-refractivity contribution is 7.60. The number of alkyl halides is 3. The Kier molecular flexibility index (Phi) is 4.76. The van der Waals surface area contributed by atoms with Crippen LogP contribution in [0, 0.1) is 13.8 Å². The van der Waals surface area contributed by atoms with Crippen molar-refractivity contribution in [2.24, 2.45) is 0 Å². The van der Waals surface area contributed by atoms with Gasteiger partial charge in [0.1, 0.15) is 5.75 Å². The molecule has 0 heterocycles. The molecule has 0 bridgehead atoms. The molecule has 1 unspecified atom stereocenters. The van der Waals surface area contributed by atoms with E-state index in [1.807, 2.05) is 19.9 Å². The van der Waals surface area contributed by atoms with E-state index in [2.05, 4.69) is 5.09 Å². The molecular weight excluding hydrogens is 326 g/mol. The number of anilines is 1. The largest absolute Gasteiger partial charge is 0.429 e. The molecule has 2 rings (SSSR count). The van der Waals surface area contributed by atoms with Gasteiger partial charge in [-0.15, -0.1) is 0 Å². The third-order valence-corrected chi connectivity index (χ3v) is 4.22. The fraction of sp³-hybridized carbons (Fsp3) is 0.250. The summed E-state index contributed by atoms with van der Waals surface area (Å²) in [5.74, 6) is 0.410. The maximum absolute atomic E-state index is 12.7. The van der Waals surface area contributed by atoms with E-state index < -0.39 is 19.3 Å². The first kappa shape index (κ1) is 17.4. The van der Waals surface area contributed by atoms with Crippen molar-refractivity contribution in [3.8, 4) is 5.75 Å². The number of halogens is 3. The van der Waals surface area contributed by atoms with Gasteiger partial charge in [0.05, 0.1) is 5.56 Å². The summed E-state index contributed by atoms with van der Waals surface area (Å²) in [6, 6.07) is 9.90. The van der Waals surface area contributed by atoms with Gasteiger partial charge in [0.2, 0.25) is 0 Å². The molecule has 0 fully saturated rings. The van der Waals surface area contributed by atoms with Crippen LogP contribution in [0.1, 0.15) is 16.7 Å². The monoisotopic (exact) mass is 343 g/mol. The SMILES string of the molecule is Cc1cc(C)cc(OP(C)(=O)Nc2cccc(C(F)(F)F)c2)c1. The molecule has 0 saturated carbocycles. The van der Waals surface area contributed by atoms with Crippen LogP contribution in [0.25, 0.3) is 0 Å². The van der Waals surface area contributed by atoms with Crippen molar-refractivity contribution in [2.75, 3.05) is 11.8 Å². The van der Waals surface area contributed by atoms with Gasteiger partial charge in [0.25, 0.3) is 0 Å². The van der Waals surface area contributed by atoms with Crippen LogP contribution in [0.3, 0.4) is 0 Å². The summed E-state index contributed by atoms with van der Waals surface area (Å²) in [7, 11) is -3.37. The Bertz CT molecular complexity index is 739. The van der Waals surface area contributed by atoms with Crippen LogP contribution in [0.4, 0.5) is 18.9 Å². The fourth-order valence-electron chi connectivity index (χ4n) is 2.21. The first-order valence-corrected chi connectivity index (χ1v) is 8.93. The number of benzene rings is 2. The molecule has 3 nitrogen and oxygen atoms in total. The van der Waals surface area contributed by atoms with E-state index in [1.165, 1.54) is 18.8 Å². The predicted octanol–water partition coefficient (Wildman–Crippen LogP) is 5.64. The molecule has 0 radical (unpaired) electrons. The molecule has 1 N–H and O–H groups in total. The Balaban J connectivity index is 2.19. The number of hydrogen-bond donors (Lipinski definition) is 1. The molecule has 124 valence electrons. The molecule has 0 aliphatic rings. The number of hydrogen-bond acceptors (Lipinski definition) is 2. The van der Waals surface area contributed by atoms with Crippen molar-refractivity contribution in [1.82, 2.24) is 0 Å². The van der Waals surface area contributed by atoms with Gasteiger partial charge in [-0.1, -0.05) is 12.1 Å². The molecule has 0 aliphatic heterocycles. The molecule has 0 saturated heterocycles. The summed E-state index contributed by atoms with van der Waals surface area (Å²) in [5, 5.41) is 2.55. The molecule has 1 atom stereocenters. The van der Waals surface area contributed by atoms with Crippen LogP contribution in [0.15, 0.2) is 42.5 Å². The Labute approximate surface area is 133 Å². The lowest BCUT2D eigenvalue weighted by Gasteiger charge is -2.19. The third kappa shape index (κ3) is 5.03. The van der Waals surface area contributed by atoms with Gasteiger partial charge >= 0.3 is 13.7 Å². The van der Waals surface area contributed by atoms with Crippen LogP contribution >= 0.6 is 7.52 Å². The van der Waals surface area contributed by atoms with Crippen molar-refractivity contribution in [1.29, 1.82) is 0 Å². The van der Waals surface area contributed by atoms with E-state index >= 15 is 0 Å². The minimum absolute atomic E-state index is 0.0926. The first-order valence-electron chi connectivity index (χ1n) is 6.86. The maximum Gasteiger partial charge on any atom is 0.416 e. The third-order valence-electron chi connectivity index (χ3n) is 3.00. The van der Waals surface area contributed by atoms with Crippen LogP contribution in [-0.4, -0.2) is 6.66 Å². The minimum atomic E-state index is -4.45. The van der Waals surface area contributed by atoms with Crippen LogP contribution < -0.4 is 9.61 Å². The Morgan fingerprint density at radius 1 is 1.04 bits per heavy atom. The number of aryl methyl sites for hydroxylation is 2.